The number of carbonyl (C=O) groups is 3. The van der Waals surface area contributed by atoms with Crippen LogP contribution in [0.4, 0.5) is 0 Å². The van der Waals surface area contributed by atoms with Gasteiger partial charge in [-0.25, -0.2) is 4.79 Å². The van der Waals surface area contributed by atoms with Gasteiger partial charge < -0.3 is 25.7 Å². The molecule has 0 aromatic heterocycles. The SMILES string of the molecule is O=C(O)[C@H](CCN1CCC[C@H]1C(=O)O)NCC[C@H](O)C(=O)O. The van der Waals surface area contributed by atoms with Crippen LogP contribution in [-0.2, 0) is 14.4 Å². The van der Waals surface area contributed by atoms with Crippen molar-refractivity contribution in [1.29, 1.82) is 0 Å². The van der Waals surface area contributed by atoms with Gasteiger partial charge in [0.1, 0.15) is 12.1 Å². The Balaban J connectivity index is 2.39. The molecule has 0 aromatic rings. The zero-order chi connectivity index (χ0) is 16.7. The van der Waals surface area contributed by atoms with E-state index in [4.69, 9.17) is 20.4 Å². The molecule has 9 heteroatoms. The molecule has 0 unspecified atom stereocenters. The number of nitrogens with zero attached hydrogens (tertiary/aromatic N) is 1. The van der Waals surface area contributed by atoms with E-state index in [-0.39, 0.29) is 19.4 Å². The predicted molar refractivity (Wildman–Crippen MR) is 74.5 cm³/mol. The first-order valence-electron chi connectivity index (χ1n) is 7.17. The Kier molecular flexibility index (Phi) is 7.22. The number of aliphatic hydroxyl groups excluding tert-OH is 1. The summed E-state index contributed by atoms with van der Waals surface area (Å²) in [4.78, 5) is 34.4. The fourth-order valence-electron chi connectivity index (χ4n) is 2.50. The van der Waals surface area contributed by atoms with E-state index in [1.165, 1.54) is 0 Å². The molecule has 1 fully saturated rings. The quantitative estimate of drug-likeness (QED) is 0.335. The van der Waals surface area contributed by atoms with Gasteiger partial charge in [-0.1, -0.05) is 0 Å². The molecule has 1 rings (SSSR count). The second-order valence-corrected chi connectivity index (χ2v) is 5.31. The Hall–Kier alpha value is -1.71. The van der Waals surface area contributed by atoms with Gasteiger partial charge in [-0.05, 0) is 38.8 Å². The molecule has 9 nitrogen and oxygen atoms in total. The first-order chi connectivity index (χ1) is 10.3. The summed E-state index contributed by atoms with van der Waals surface area (Å²) < 4.78 is 0. The topological polar surface area (TPSA) is 147 Å². The summed E-state index contributed by atoms with van der Waals surface area (Å²) in [5.41, 5.74) is 0. The summed E-state index contributed by atoms with van der Waals surface area (Å²) in [7, 11) is 0. The second-order valence-electron chi connectivity index (χ2n) is 5.31. The lowest BCUT2D eigenvalue weighted by molar-refractivity contribution is -0.146. The summed E-state index contributed by atoms with van der Waals surface area (Å²) in [5, 5.41) is 38.5. The number of aliphatic hydroxyl groups is 1. The van der Waals surface area contributed by atoms with Crippen molar-refractivity contribution in [3.05, 3.63) is 0 Å². The summed E-state index contributed by atoms with van der Waals surface area (Å²) in [5.74, 6) is -3.34. The van der Waals surface area contributed by atoms with Crippen LogP contribution < -0.4 is 5.32 Å². The van der Waals surface area contributed by atoms with E-state index in [9.17, 15) is 14.4 Å². The molecule has 5 N–H and O–H groups in total. The number of nitrogens with one attached hydrogen (secondary N) is 1. The van der Waals surface area contributed by atoms with Gasteiger partial charge in [-0.3, -0.25) is 14.5 Å². The fourth-order valence-corrected chi connectivity index (χ4v) is 2.50. The molecule has 1 aliphatic rings. The minimum atomic E-state index is -1.53. The lowest BCUT2D eigenvalue weighted by Crippen LogP contribution is -2.43. The maximum absolute atomic E-state index is 11.2. The van der Waals surface area contributed by atoms with Crippen LogP contribution in [0.25, 0.3) is 0 Å². The first-order valence-corrected chi connectivity index (χ1v) is 7.17. The monoisotopic (exact) mass is 318 g/mol. The van der Waals surface area contributed by atoms with Crippen LogP contribution in [0, 0.1) is 0 Å². The summed E-state index contributed by atoms with van der Waals surface area (Å²) in [6, 6.07) is -1.47. The average molecular weight is 318 g/mol. The van der Waals surface area contributed by atoms with Crippen molar-refractivity contribution in [2.75, 3.05) is 19.6 Å². The molecule has 0 aliphatic carbocycles. The minimum absolute atomic E-state index is 0.0484. The summed E-state index contributed by atoms with van der Waals surface area (Å²) >= 11 is 0. The number of hydrogen-bond donors (Lipinski definition) is 5. The van der Waals surface area contributed by atoms with Crippen LogP contribution in [0.3, 0.4) is 0 Å². The van der Waals surface area contributed by atoms with Crippen LogP contribution >= 0.6 is 0 Å². The molecule has 0 radical (unpaired) electrons. The van der Waals surface area contributed by atoms with Crippen molar-refractivity contribution in [2.45, 2.75) is 43.9 Å². The molecule has 22 heavy (non-hydrogen) atoms. The van der Waals surface area contributed by atoms with Gasteiger partial charge in [0.15, 0.2) is 6.10 Å². The van der Waals surface area contributed by atoms with E-state index >= 15 is 0 Å². The van der Waals surface area contributed by atoms with Crippen LogP contribution in [0.15, 0.2) is 0 Å². The van der Waals surface area contributed by atoms with Crippen LogP contribution in [-0.4, -0.2) is 81.1 Å². The highest BCUT2D eigenvalue weighted by molar-refractivity contribution is 5.74. The van der Waals surface area contributed by atoms with Gasteiger partial charge in [0.2, 0.25) is 0 Å². The maximum atomic E-state index is 11.2. The normalized spacial score (nSPS) is 21.4. The molecule has 1 saturated heterocycles. The lowest BCUT2D eigenvalue weighted by atomic mass is 10.1. The smallest absolute Gasteiger partial charge is 0.332 e. The number of carboxylic acids is 3. The maximum Gasteiger partial charge on any atom is 0.332 e. The molecule has 0 spiro atoms. The highest BCUT2D eigenvalue weighted by atomic mass is 16.4. The lowest BCUT2D eigenvalue weighted by Gasteiger charge is -2.23. The molecule has 0 saturated carbocycles. The van der Waals surface area contributed by atoms with Crippen molar-refractivity contribution >= 4 is 17.9 Å². The number of aliphatic carboxylic acids is 3. The number of likely N-dealkylation sites (tertiary alicyclic amines) is 1. The van der Waals surface area contributed by atoms with Gasteiger partial charge in [0.05, 0.1) is 0 Å². The third-order valence-corrected chi connectivity index (χ3v) is 3.75. The molecular weight excluding hydrogens is 296 g/mol. The van der Waals surface area contributed by atoms with Gasteiger partial charge in [0.25, 0.3) is 0 Å². The Morgan fingerprint density at radius 3 is 2.36 bits per heavy atom. The van der Waals surface area contributed by atoms with Gasteiger partial charge in [0, 0.05) is 6.54 Å². The first kappa shape index (κ1) is 18.3. The van der Waals surface area contributed by atoms with Crippen molar-refractivity contribution in [2.24, 2.45) is 0 Å². The highest BCUT2D eigenvalue weighted by Crippen LogP contribution is 2.17. The fraction of sp³-hybridized carbons (Fsp3) is 0.769. The van der Waals surface area contributed by atoms with E-state index < -0.39 is 36.1 Å². The molecule has 0 aromatic carbocycles. The highest BCUT2D eigenvalue weighted by Gasteiger charge is 2.31. The molecule has 0 bridgehead atoms. The number of hydrogen-bond acceptors (Lipinski definition) is 6. The third-order valence-electron chi connectivity index (χ3n) is 3.75. The van der Waals surface area contributed by atoms with E-state index in [0.29, 0.717) is 19.5 Å². The van der Waals surface area contributed by atoms with E-state index in [1.54, 1.807) is 4.90 Å². The van der Waals surface area contributed by atoms with Crippen LogP contribution in [0.1, 0.15) is 25.7 Å². The standard InChI is InChI=1S/C13H22N2O7/c16-10(13(21)22)3-5-14-8(11(17)18)4-7-15-6-1-2-9(15)12(19)20/h8-10,14,16H,1-7H2,(H,17,18)(H,19,20)(H,21,22)/t8-,9-,10-/m0/s1. The molecule has 0 amide bonds. The van der Waals surface area contributed by atoms with Crippen molar-refractivity contribution in [3.8, 4) is 0 Å². The molecule has 1 aliphatic heterocycles. The predicted octanol–water partition coefficient (Wildman–Crippen LogP) is -1.20. The zero-order valence-electron chi connectivity index (χ0n) is 12.1. The Labute approximate surface area is 127 Å². The second kappa shape index (κ2) is 8.66. The van der Waals surface area contributed by atoms with Crippen molar-refractivity contribution in [1.82, 2.24) is 10.2 Å². The summed E-state index contributed by atoms with van der Waals surface area (Å²) in [6.45, 7) is 1.01. The van der Waals surface area contributed by atoms with E-state index in [0.717, 1.165) is 6.42 Å². The Bertz CT molecular complexity index is 415. The average Bonchev–Trinajstić information content (AvgIpc) is 2.90. The number of carboxylic acid groups (broad SMARTS) is 3. The van der Waals surface area contributed by atoms with Gasteiger partial charge >= 0.3 is 17.9 Å². The van der Waals surface area contributed by atoms with E-state index in [2.05, 4.69) is 5.32 Å². The zero-order valence-corrected chi connectivity index (χ0v) is 12.1. The Morgan fingerprint density at radius 1 is 1.14 bits per heavy atom. The van der Waals surface area contributed by atoms with Crippen LogP contribution in [0.2, 0.25) is 0 Å². The van der Waals surface area contributed by atoms with Crippen molar-refractivity contribution in [3.63, 3.8) is 0 Å². The molecule has 126 valence electrons. The largest absolute Gasteiger partial charge is 0.480 e. The molecule has 1 heterocycles. The van der Waals surface area contributed by atoms with Crippen molar-refractivity contribution < 1.29 is 34.8 Å². The van der Waals surface area contributed by atoms with E-state index in [1.807, 2.05) is 0 Å². The molecule has 3 atom stereocenters. The number of rotatable bonds is 10. The third kappa shape index (κ3) is 5.58. The van der Waals surface area contributed by atoms with Gasteiger partial charge in [-0.2, -0.15) is 0 Å². The minimum Gasteiger partial charge on any atom is -0.480 e. The summed E-state index contributed by atoms with van der Waals surface area (Å²) in [6.07, 6.45) is -0.0851. The van der Waals surface area contributed by atoms with Crippen LogP contribution in [0.5, 0.6) is 0 Å². The Morgan fingerprint density at radius 2 is 1.82 bits per heavy atom. The van der Waals surface area contributed by atoms with Gasteiger partial charge in [-0.15, -0.1) is 0 Å². The molecular formula is C13H22N2O7.